The standard InChI is InChI=1S/C22H36O3/c1-8-22(15-9-10-16-14(11-15)12-17(16)22)25-18(23)21(7,19(2,3)4)13-20(5,6)24/h10,14-15,17,24H,8-9,11-13H2,1-7H3. The van der Waals surface area contributed by atoms with Crippen molar-refractivity contribution in [2.75, 3.05) is 0 Å². The van der Waals surface area contributed by atoms with Crippen LogP contribution in [0.15, 0.2) is 11.6 Å². The molecule has 25 heavy (non-hydrogen) atoms. The molecule has 0 aromatic heterocycles. The minimum atomic E-state index is -0.907. The van der Waals surface area contributed by atoms with Gasteiger partial charge in [0.25, 0.3) is 0 Å². The summed E-state index contributed by atoms with van der Waals surface area (Å²) < 4.78 is 6.46. The van der Waals surface area contributed by atoms with E-state index < -0.39 is 11.0 Å². The lowest BCUT2D eigenvalue weighted by molar-refractivity contribution is -0.213. The fourth-order valence-electron chi connectivity index (χ4n) is 5.66. The van der Waals surface area contributed by atoms with E-state index in [-0.39, 0.29) is 17.0 Å². The number of aliphatic hydroxyl groups is 1. The lowest BCUT2D eigenvalue weighted by atomic mass is 9.46. The van der Waals surface area contributed by atoms with E-state index in [0.717, 1.165) is 18.8 Å². The summed E-state index contributed by atoms with van der Waals surface area (Å²) in [5, 5.41) is 10.4. The van der Waals surface area contributed by atoms with Crippen molar-refractivity contribution in [2.24, 2.45) is 28.6 Å². The highest BCUT2D eigenvalue weighted by molar-refractivity contribution is 5.78. The number of hydrogen-bond acceptors (Lipinski definition) is 3. The molecule has 5 aliphatic carbocycles. The van der Waals surface area contributed by atoms with Crippen LogP contribution >= 0.6 is 0 Å². The Morgan fingerprint density at radius 1 is 1.24 bits per heavy atom. The Morgan fingerprint density at radius 3 is 2.28 bits per heavy atom. The fraction of sp³-hybridized carbons (Fsp3) is 0.864. The van der Waals surface area contributed by atoms with Crippen molar-refractivity contribution in [3.05, 3.63) is 11.6 Å². The Hall–Kier alpha value is -0.830. The summed E-state index contributed by atoms with van der Waals surface area (Å²) in [4.78, 5) is 13.5. The summed E-state index contributed by atoms with van der Waals surface area (Å²) >= 11 is 0. The van der Waals surface area contributed by atoms with Crippen molar-refractivity contribution < 1.29 is 14.6 Å². The second-order valence-corrected chi connectivity index (χ2v) is 10.6. The molecule has 5 aliphatic rings. The highest BCUT2D eigenvalue weighted by Crippen LogP contribution is 2.64. The van der Waals surface area contributed by atoms with Crippen molar-refractivity contribution >= 4 is 5.97 Å². The summed E-state index contributed by atoms with van der Waals surface area (Å²) in [7, 11) is 0. The molecule has 3 saturated carbocycles. The zero-order valence-electron chi connectivity index (χ0n) is 17.1. The third kappa shape index (κ3) is 2.78. The van der Waals surface area contributed by atoms with Crippen molar-refractivity contribution in [3.8, 4) is 0 Å². The number of esters is 1. The molecule has 3 nitrogen and oxygen atoms in total. The van der Waals surface area contributed by atoms with Crippen LogP contribution in [-0.4, -0.2) is 22.3 Å². The van der Waals surface area contributed by atoms with E-state index in [1.54, 1.807) is 19.4 Å². The van der Waals surface area contributed by atoms with Crippen LogP contribution in [0.5, 0.6) is 0 Å². The Morgan fingerprint density at radius 2 is 1.88 bits per heavy atom. The number of allylic oxidation sites excluding steroid dienone is 1. The third-order valence-corrected chi connectivity index (χ3v) is 7.61. The van der Waals surface area contributed by atoms with Crippen LogP contribution in [0.4, 0.5) is 0 Å². The molecule has 0 aliphatic heterocycles. The van der Waals surface area contributed by atoms with E-state index in [2.05, 4.69) is 33.8 Å². The van der Waals surface area contributed by atoms with E-state index in [4.69, 9.17) is 4.74 Å². The Balaban J connectivity index is 1.90. The molecule has 0 aromatic carbocycles. The Labute approximate surface area is 153 Å². The number of carbonyl (C=O) groups excluding carboxylic acids is 1. The Kier molecular flexibility index (Phi) is 4.23. The number of hydrogen-bond donors (Lipinski definition) is 1. The van der Waals surface area contributed by atoms with Gasteiger partial charge in [-0.3, -0.25) is 4.79 Å². The van der Waals surface area contributed by atoms with Crippen LogP contribution in [0.2, 0.25) is 0 Å². The van der Waals surface area contributed by atoms with Crippen molar-refractivity contribution in [2.45, 2.75) is 91.8 Å². The summed E-state index contributed by atoms with van der Waals surface area (Å²) in [5.41, 5.74) is -0.675. The molecule has 0 saturated heterocycles. The third-order valence-electron chi connectivity index (χ3n) is 7.61. The van der Waals surface area contributed by atoms with Gasteiger partial charge in [-0.05, 0) is 64.2 Å². The molecule has 0 amide bonds. The normalized spacial score (nSPS) is 36.3. The van der Waals surface area contributed by atoms with Crippen LogP contribution in [0.1, 0.15) is 80.6 Å². The summed E-state index contributed by atoms with van der Waals surface area (Å²) in [6.07, 6.45) is 7.13. The second-order valence-electron chi connectivity index (χ2n) is 10.6. The van der Waals surface area contributed by atoms with Gasteiger partial charge in [0.15, 0.2) is 0 Å². The minimum absolute atomic E-state index is 0.124. The molecular formula is C22H36O3. The van der Waals surface area contributed by atoms with E-state index in [0.29, 0.717) is 18.3 Å². The van der Waals surface area contributed by atoms with E-state index in [1.807, 2.05) is 6.92 Å². The van der Waals surface area contributed by atoms with Crippen LogP contribution in [0.25, 0.3) is 0 Å². The first-order chi connectivity index (χ1) is 11.3. The van der Waals surface area contributed by atoms with Gasteiger partial charge in [-0.15, -0.1) is 0 Å². The van der Waals surface area contributed by atoms with Crippen LogP contribution < -0.4 is 0 Å². The number of ether oxygens (including phenoxy) is 1. The first kappa shape index (κ1) is 18.9. The van der Waals surface area contributed by atoms with Crippen molar-refractivity contribution in [1.82, 2.24) is 0 Å². The lowest BCUT2D eigenvalue weighted by Crippen LogP contribution is -2.63. The molecule has 4 bridgehead atoms. The van der Waals surface area contributed by atoms with Gasteiger partial charge in [0.2, 0.25) is 0 Å². The highest BCUT2D eigenvalue weighted by atomic mass is 16.6. The monoisotopic (exact) mass is 348 g/mol. The second kappa shape index (κ2) is 5.58. The molecule has 0 radical (unpaired) electrons. The topological polar surface area (TPSA) is 46.5 Å². The summed E-state index contributed by atoms with van der Waals surface area (Å²) in [6, 6.07) is 0. The smallest absolute Gasteiger partial charge is 0.313 e. The average Bonchev–Trinajstić information content (AvgIpc) is 2.44. The van der Waals surface area contributed by atoms with E-state index in [9.17, 15) is 9.90 Å². The largest absolute Gasteiger partial charge is 0.458 e. The first-order valence-electron chi connectivity index (χ1n) is 10.00. The maximum atomic E-state index is 13.5. The predicted octanol–water partition coefficient (Wildman–Crippen LogP) is 4.88. The molecular weight excluding hydrogens is 312 g/mol. The molecule has 5 rings (SSSR count). The Bertz CT molecular complexity index is 591. The first-order valence-corrected chi connectivity index (χ1v) is 10.00. The van der Waals surface area contributed by atoms with Gasteiger partial charge in [-0.2, -0.15) is 0 Å². The van der Waals surface area contributed by atoms with Gasteiger partial charge in [-0.25, -0.2) is 0 Å². The van der Waals surface area contributed by atoms with Crippen LogP contribution in [-0.2, 0) is 9.53 Å². The predicted molar refractivity (Wildman–Crippen MR) is 100.0 cm³/mol. The van der Waals surface area contributed by atoms with Crippen molar-refractivity contribution in [3.63, 3.8) is 0 Å². The van der Waals surface area contributed by atoms with Gasteiger partial charge in [0.05, 0.1) is 11.0 Å². The number of carbonyl (C=O) groups is 1. The minimum Gasteiger partial charge on any atom is -0.458 e. The van der Waals surface area contributed by atoms with E-state index >= 15 is 0 Å². The molecule has 0 spiro atoms. The molecule has 0 heterocycles. The maximum absolute atomic E-state index is 13.5. The molecule has 142 valence electrons. The van der Waals surface area contributed by atoms with Gasteiger partial charge < -0.3 is 9.84 Å². The molecule has 1 N–H and O–H groups in total. The van der Waals surface area contributed by atoms with E-state index in [1.165, 1.54) is 12.8 Å². The molecule has 5 atom stereocenters. The molecule has 5 unspecified atom stereocenters. The average molecular weight is 349 g/mol. The zero-order valence-corrected chi connectivity index (χ0v) is 17.1. The summed E-state index contributed by atoms with van der Waals surface area (Å²) in [5.74, 6) is 1.53. The van der Waals surface area contributed by atoms with Gasteiger partial charge in [-0.1, -0.05) is 39.3 Å². The van der Waals surface area contributed by atoms with Crippen molar-refractivity contribution in [1.29, 1.82) is 0 Å². The van der Waals surface area contributed by atoms with Gasteiger partial charge in [0, 0.05) is 11.8 Å². The lowest BCUT2D eigenvalue weighted by Gasteiger charge is -2.63. The van der Waals surface area contributed by atoms with Gasteiger partial charge in [0.1, 0.15) is 5.60 Å². The fourth-order valence-corrected chi connectivity index (χ4v) is 5.66. The zero-order chi connectivity index (χ0) is 18.8. The van der Waals surface area contributed by atoms with Crippen LogP contribution in [0, 0.1) is 28.6 Å². The van der Waals surface area contributed by atoms with Crippen LogP contribution in [0.3, 0.4) is 0 Å². The molecule has 3 heteroatoms. The maximum Gasteiger partial charge on any atom is 0.313 e. The van der Waals surface area contributed by atoms with Gasteiger partial charge >= 0.3 is 5.97 Å². The number of rotatable bonds is 5. The molecule has 3 fully saturated rings. The quantitative estimate of drug-likeness (QED) is 0.569. The number of fused-ring (bicyclic) bond motifs is 1. The SMILES string of the molecule is CCC1(OC(=O)C(C)(CC(C)(C)O)C(C)(C)C)C2CC=C3C(C2)CC31. The summed E-state index contributed by atoms with van der Waals surface area (Å²) in [6.45, 7) is 13.9. The molecule has 0 aromatic rings. The highest BCUT2D eigenvalue weighted by Gasteiger charge is 2.63.